The summed E-state index contributed by atoms with van der Waals surface area (Å²) in [7, 11) is 1.72. The normalized spacial score (nSPS) is 12.1. The number of aromatic nitrogens is 1. The molecule has 112 valence electrons. The van der Waals surface area contributed by atoms with Gasteiger partial charge in [0.15, 0.2) is 0 Å². The zero-order valence-electron chi connectivity index (χ0n) is 13.1. The van der Waals surface area contributed by atoms with Gasteiger partial charge in [0.2, 0.25) is 0 Å². The average Bonchev–Trinajstić information content (AvgIpc) is 2.56. The van der Waals surface area contributed by atoms with Crippen LogP contribution in [0.5, 0.6) is 5.75 Å². The molecular formula is C18H24N2O. The number of methoxy groups -OCH3 is 1. The number of benzene rings is 1. The largest absolute Gasteiger partial charge is 0.496 e. The lowest BCUT2D eigenvalue weighted by Gasteiger charge is -2.20. The Balaban J connectivity index is 2.12. The van der Waals surface area contributed by atoms with E-state index in [2.05, 4.69) is 42.3 Å². The van der Waals surface area contributed by atoms with Gasteiger partial charge >= 0.3 is 0 Å². The molecule has 2 aromatic rings. The van der Waals surface area contributed by atoms with Crippen LogP contribution >= 0.6 is 0 Å². The molecule has 0 saturated heterocycles. The lowest BCUT2D eigenvalue weighted by Crippen LogP contribution is -2.22. The minimum atomic E-state index is 0.271. The smallest absolute Gasteiger partial charge is 0.123 e. The molecule has 1 heterocycles. The van der Waals surface area contributed by atoms with Gasteiger partial charge in [0, 0.05) is 24.3 Å². The SMILES string of the molecule is CCc1cccnc1CNC(CC)c1ccccc1OC. The van der Waals surface area contributed by atoms with Crippen molar-refractivity contribution in [3.05, 3.63) is 59.4 Å². The molecule has 0 saturated carbocycles. The summed E-state index contributed by atoms with van der Waals surface area (Å²) in [6.45, 7) is 5.13. The van der Waals surface area contributed by atoms with Gasteiger partial charge in [0.1, 0.15) is 5.75 Å². The average molecular weight is 284 g/mol. The molecular weight excluding hydrogens is 260 g/mol. The molecule has 1 unspecified atom stereocenters. The second kappa shape index (κ2) is 7.79. The third-order valence-electron chi connectivity index (χ3n) is 3.80. The molecule has 0 aliphatic carbocycles. The zero-order chi connectivity index (χ0) is 15.1. The van der Waals surface area contributed by atoms with E-state index in [0.717, 1.165) is 30.8 Å². The van der Waals surface area contributed by atoms with Crippen LogP contribution in [0, 0.1) is 0 Å². The Hall–Kier alpha value is -1.87. The van der Waals surface area contributed by atoms with E-state index in [1.807, 2.05) is 24.4 Å². The highest BCUT2D eigenvalue weighted by Crippen LogP contribution is 2.27. The molecule has 1 aromatic carbocycles. The van der Waals surface area contributed by atoms with Gasteiger partial charge < -0.3 is 10.1 Å². The number of para-hydroxylation sites is 1. The van der Waals surface area contributed by atoms with Crippen molar-refractivity contribution in [3.63, 3.8) is 0 Å². The van der Waals surface area contributed by atoms with Gasteiger partial charge in [0.05, 0.1) is 12.8 Å². The van der Waals surface area contributed by atoms with Gasteiger partial charge in [-0.1, -0.05) is 38.1 Å². The molecule has 1 N–H and O–H groups in total. The van der Waals surface area contributed by atoms with Crippen LogP contribution in [-0.4, -0.2) is 12.1 Å². The fraction of sp³-hybridized carbons (Fsp3) is 0.389. The van der Waals surface area contributed by atoms with E-state index in [0.29, 0.717) is 0 Å². The first kappa shape index (κ1) is 15.5. The molecule has 0 radical (unpaired) electrons. The maximum atomic E-state index is 5.47. The summed E-state index contributed by atoms with van der Waals surface area (Å²) in [5.74, 6) is 0.939. The van der Waals surface area contributed by atoms with E-state index in [9.17, 15) is 0 Å². The molecule has 0 aliphatic heterocycles. The monoisotopic (exact) mass is 284 g/mol. The van der Waals surface area contributed by atoms with Crippen molar-refractivity contribution in [1.82, 2.24) is 10.3 Å². The maximum absolute atomic E-state index is 5.47. The second-order valence-electron chi connectivity index (χ2n) is 5.05. The van der Waals surface area contributed by atoms with Crippen LogP contribution in [0.15, 0.2) is 42.6 Å². The summed E-state index contributed by atoms with van der Waals surface area (Å²) in [6, 6.07) is 12.6. The molecule has 2 rings (SSSR count). The summed E-state index contributed by atoms with van der Waals surface area (Å²) in [4.78, 5) is 4.50. The van der Waals surface area contributed by atoms with E-state index in [1.54, 1.807) is 7.11 Å². The summed E-state index contributed by atoms with van der Waals surface area (Å²) in [5.41, 5.74) is 3.64. The Bertz CT molecular complexity index is 569. The maximum Gasteiger partial charge on any atom is 0.123 e. The highest BCUT2D eigenvalue weighted by atomic mass is 16.5. The number of nitrogens with one attached hydrogen (secondary N) is 1. The Labute approximate surface area is 127 Å². The van der Waals surface area contributed by atoms with Crippen LogP contribution < -0.4 is 10.1 Å². The van der Waals surface area contributed by atoms with Gasteiger partial charge in [-0.3, -0.25) is 4.98 Å². The number of nitrogens with zero attached hydrogens (tertiary/aromatic N) is 1. The summed E-state index contributed by atoms with van der Waals surface area (Å²) < 4.78 is 5.47. The minimum Gasteiger partial charge on any atom is -0.496 e. The van der Waals surface area contributed by atoms with Crippen LogP contribution in [0.4, 0.5) is 0 Å². The highest BCUT2D eigenvalue weighted by Gasteiger charge is 2.14. The number of hydrogen-bond donors (Lipinski definition) is 1. The van der Waals surface area contributed by atoms with Gasteiger partial charge in [0.25, 0.3) is 0 Å². The molecule has 1 aromatic heterocycles. The van der Waals surface area contributed by atoms with E-state index >= 15 is 0 Å². The summed E-state index contributed by atoms with van der Waals surface area (Å²) >= 11 is 0. The fourth-order valence-electron chi connectivity index (χ4n) is 2.60. The van der Waals surface area contributed by atoms with Crippen molar-refractivity contribution >= 4 is 0 Å². The van der Waals surface area contributed by atoms with Crippen LogP contribution in [0.25, 0.3) is 0 Å². The second-order valence-corrected chi connectivity index (χ2v) is 5.05. The molecule has 0 amide bonds. The van der Waals surface area contributed by atoms with Crippen molar-refractivity contribution < 1.29 is 4.74 Å². The predicted molar refractivity (Wildman–Crippen MR) is 86.5 cm³/mol. The zero-order valence-corrected chi connectivity index (χ0v) is 13.1. The van der Waals surface area contributed by atoms with Crippen LogP contribution in [-0.2, 0) is 13.0 Å². The summed E-state index contributed by atoms with van der Waals surface area (Å²) in [5, 5.41) is 3.61. The van der Waals surface area contributed by atoms with Gasteiger partial charge in [-0.25, -0.2) is 0 Å². The highest BCUT2D eigenvalue weighted by molar-refractivity contribution is 5.36. The number of hydrogen-bond acceptors (Lipinski definition) is 3. The lowest BCUT2D eigenvalue weighted by molar-refractivity contribution is 0.396. The Kier molecular flexibility index (Phi) is 5.76. The molecule has 0 bridgehead atoms. The summed E-state index contributed by atoms with van der Waals surface area (Å²) in [6.07, 6.45) is 3.88. The molecule has 3 nitrogen and oxygen atoms in total. The molecule has 0 aliphatic rings. The number of ether oxygens (including phenoxy) is 1. The number of pyridine rings is 1. The van der Waals surface area contributed by atoms with E-state index in [-0.39, 0.29) is 6.04 Å². The number of rotatable bonds is 7. The van der Waals surface area contributed by atoms with Crippen molar-refractivity contribution in [3.8, 4) is 5.75 Å². The molecule has 21 heavy (non-hydrogen) atoms. The third kappa shape index (κ3) is 3.82. The first-order chi connectivity index (χ1) is 10.3. The quantitative estimate of drug-likeness (QED) is 0.837. The first-order valence-corrected chi connectivity index (χ1v) is 7.59. The van der Waals surface area contributed by atoms with Crippen molar-refractivity contribution in [1.29, 1.82) is 0 Å². The molecule has 0 spiro atoms. The molecule has 3 heteroatoms. The van der Waals surface area contributed by atoms with Gasteiger partial charge in [-0.2, -0.15) is 0 Å². The van der Waals surface area contributed by atoms with Crippen molar-refractivity contribution in [2.24, 2.45) is 0 Å². The standard InChI is InChI=1S/C18H24N2O/c1-4-14-9-8-12-19-17(14)13-20-16(5-2)15-10-6-7-11-18(15)21-3/h6-12,16,20H,4-5,13H2,1-3H3. The van der Waals surface area contributed by atoms with Crippen LogP contribution in [0.1, 0.15) is 43.1 Å². The van der Waals surface area contributed by atoms with Gasteiger partial charge in [-0.05, 0) is 30.5 Å². The molecule has 0 fully saturated rings. The third-order valence-corrected chi connectivity index (χ3v) is 3.80. The number of aryl methyl sites for hydroxylation is 1. The lowest BCUT2D eigenvalue weighted by atomic mass is 10.0. The Morgan fingerprint density at radius 3 is 2.67 bits per heavy atom. The molecule has 1 atom stereocenters. The van der Waals surface area contributed by atoms with Crippen LogP contribution in [0.3, 0.4) is 0 Å². The van der Waals surface area contributed by atoms with E-state index in [1.165, 1.54) is 11.1 Å². The van der Waals surface area contributed by atoms with Crippen LogP contribution in [0.2, 0.25) is 0 Å². The van der Waals surface area contributed by atoms with Gasteiger partial charge in [-0.15, -0.1) is 0 Å². The Morgan fingerprint density at radius 2 is 1.95 bits per heavy atom. The van der Waals surface area contributed by atoms with Crippen molar-refractivity contribution in [2.45, 2.75) is 39.3 Å². The predicted octanol–water partition coefficient (Wildman–Crippen LogP) is 3.89. The Morgan fingerprint density at radius 1 is 1.14 bits per heavy atom. The first-order valence-electron chi connectivity index (χ1n) is 7.59. The minimum absolute atomic E-state index is 0.271. The van der Waals surface area contributed by atoms with E-state index < -0.39 is 0 Å². The topological polar surface area (TPSA) is 34.2 Å². The fourth-order valence-corrected chi connectivity index (χ4v) is 2.60. The van der Waals surface area contributed by atoms with E-state index in [4.69, 9.17) is 4.74 Å². The van der Waals surface area contributed by atoms with Crippen molar-refractivity contribution in [2.75, 3.05) is 7.11 Å².